The molecule has 2 aliphatic rings. The van der Waals surface area contributed by atoms with Crippen molar-refractivity contribution in [3.63, 3.8) is 0 Å². The Balaban J connectivity index is 1.18. The predicted molar refractivity (Wildman–Crippen MR) is 152 cm³/mol. The zero-order valence-corrected chi connectivity index (χ0v) is 21.7. The largest absolute Gasteiger partial charge is 0.370 e. The third-order valence-corrected chi connectivity index (χ3v) is 8.19. The second-order valence-electron chi connectivity index (χ2n) is 10.9. The molecule has 0 amide bonds. The summed E-state index contributed by atoms with van der Waals surface area (Å²) < 4.78 is 0. The van der Waals surface area contributed by atoms with E-state index < -0.39 is 0 Å². The fourth-order valence-electron chi connectivity index (χ4n) is 6.13. The van der Waals surface area contributed by atoms with Crippen LogP contribution in [0.2, 0.25) is 0 Å². The highest BCUT2D eigenvalue weighted by atomic mass is 15.2. The predicted octanol–water partition coefficient (Wildman–Crippen LogP) is 5.83. The van der Waals surface area contributed by atoms with Crippen molar-refractivity contribution in [2.24, 2.45) is 5.92 Å². The minimum absolute atomic E-state index is 0.774. The summed E-state index contributed by atoms with van der Waals surface area (Å²) in [7, 11) is 0. The minimum atomic E-state index is 0.774. The lowest BCUT2D eigenvalue weighted by Crippen LogP contribution is -2.29. The number of aromatic amines is 2. The number of hydrogen-bond acceptors (Lipinski definition) is 6. The van der Waals surface area contributed by atoms with Gasteiger partial charge in [0.1, 0.15) is 11.2 Å². The van der Waals surface area contributed by atoms with Crippen molar-refractivity contribution in [3.8, 4) is 22.8 Å². The fourth-order valence-corrected chi connectivity index (χ4v) is 6.13. The van der Waals surface area contributed by atoms with E-state index in [1.807, 2.05) is 18.6 Å². The smallest absolute Gasteiger partial charge is 0.159 e. The van der Waals surface area contributed by atoms with E-state index in [0.717, 1.165) is 76.8 Å². The van der Waals surface area contributed by atoms with Crippen LogP contribution >= 0.6 is 0 Å². The number of hydrogen-bond donors (Lipinski definition) is 3. The molecule has 8 nitrogen and oxygen atoms in total. The monoisotopic (exact) mass is 506 g/mol. The normalized spacial score (nSPS) is 16.7. The molecule has 1 saturated carbocycles. The van der Waals surface area contributed by atoms with Gasteiger partial charge in [-0.2, -0.15) is 5.10 Å². The highest BCUT2D eigenvalue weighted by molar-refractivity contribution is 5.96. The first-order valence-electron chi connectivity index (χ1n) is 14.0. The SMILES string of the molecule is c1cc(N2CCCCC2)c2nc(-c3n[nH]c4cnc(-c5cncc(CNCC6CCCC6)c5)cc34)[nH]c2c1. The van der Waals surface area contributed by atoms with Crippen molar-refractivity contribution in [3.05, 3.63) is 54.5 Å². The highest BCUT2D eigenvalue weighted by Gasteiger charge is 2.19. The van der Waals surface area contributed by atoms with Crippen LogP contribution in [0.3, 0.4) is 0 Å². The van der Waals surface area contributed by atoms with Crippen LogP contribution < -0.4 is 10.2 Å². The number of H-pyrrole nitrogens is 2. The first-order valence-corrected chi connectivity index (χ1v) is 14.0. The molecule has 1 aliphatic carbocycles. The zero-order chi connectivity index (χ0) is 25.3. The van der Waals surface area contributed by atoms with E-state index >= 15 is 0 Å². The first-order chi connectivity index (χ1) is 18.8. The second-order valence-corrected chi connectivity index (χ2v) is 10.9. The third kappa shape index (κ3) is 4.53. The first kappa shape index (κ1) is 23.3. The van der Waals surface area contributed by atoms with Gasteiger partial charge in [0.2, 0.25) is 0 Å². The number of fused-ring (bicyclic) bond motifs is 2. The molecule has 0 spiro atoms. The summed E-state index contributed by atoms with van der Waals surface area (Å²) in [5, 5.41) is 12.4. The number of piperidine rings is 1. The van der Waals surface area contributed by atoms with Crippen molar-refractivity contribution < 1.29 is 0 Å². The number of rotatable bonds is 7. The molecule has 5 heterocycles. The number of aromatic nitrogens is 6. The molecule has 4 aromatic heterocycles. The van der Waals surface area contributed by atoms with E-state index in [0.29, 0.717) is 0 Å². The van der Waals surface area contributed by atoms with Gasteiger partial charge in [0, 0.05) is 43.0 Å². The molecule has 0 radical (unpaired) electrons. The summed E-state index contributed by atoms with van der Waals surface area (Å²) in [5.41, 5.74) is 8.03. The van der Waals surface area contributed by atoms with Crippen LogP contribution in [-0.2, 0) is 6.54 Å². The molecule has 5 aromatic rings. The second kappa shape index (κ2) is 10.2. The van der Waals surface area contributed by atoms with Gasteiger partial charge in [-0.05, 0) is 74.4 Å². The van der Waals surface area contributed by atoms with Crippen LogP contribution in [0.5, 0.6) is 0 Å². The number of pyridine rings is 2. The van der Waals surface area contributed by atoms with Gasteiger partial charge < -0.3 is 15.2 Å². The van der Waals surface area contributed by atoms with Gasteiger partial charge in [0.25, 0.3) is 0 Å². The Morgan fingerprint density at radius 1 is 0.947 bits per heavy atom. The lowest BCUT2D eigenvalue weighted by molar-refractivity contribution is 0.489. The number of benzene rings is 1. The van der Waals surface area contributed by atoms with Gasteiger partial charge in [-0.15, -0.1) is 0 Å². The highest BCUT2D eigenvalue weighted by Crippen LogP contribution is 2.33. The van der Waals surface area contributed by atoms with Crippen molar-refractivity contribution in [1.29, 1.82) is 0 Å². The molecule has 1 aromatic carbocycles. The van der Waals surface area contributed by atoms with E-state index in [1.54, 1.807) is 0 Å². The van der Waals surface area contributed by atoms with Crippen molar-refractivity contribution in [2.75, 3.05) is 24.5 Å². The topological polar surface area (TPSA) is 98.4 Å². The lowest BCUT2D eigenvalue weighted by Gasteiger charge is -2.28. The summed E-state index contributed by atoms with van der Waals surface area (Å²) in [6.07, 6.45) is 14.9. The van der Waals surface area contributed by atoms with Crippen LogP contribution in [-0.4, -0.2) is 49.8 Å². The van der Waals surface area contributed by atoms with Gasteiger partial charge in [-0.3, -0.25) is 15.1 Å². The Hall–Kier alpha value is -3.78. The Kier molecular flexibility index (Phi) is 6.25. The fraction of sp³-hybridized carbons (Fsp3) is 0.400. The van der Waals surface area contributed by atoms with Gasteiger partial charge in [0.05, 0.1) is 28.6 Å². The molecule has 0 bridgehead atoms. The molecule has 3 N–H and O–H groups in total. The summed E-state index contributed by atoms with van der Waals surface area (Å²) in [4.78, 5) is 20.3. The average molecular weight is 507 g/mol. The average Bonchev–Trinajstić information content (AvgIpc) is 3.73. The molecule has 1 aliphatic heterocycles. The van der Waals surface area contributed by atoms with E-state index in [9.17, 15) is 0 Å². The van der Waals surface area contributed by atoms with Crippen LogP contribution in [0.25, 0.3) is 44.7 Å². The molecular weight excluding hydrogens is 472 g/mol. The van der Waals surface area contributed by atoms with Crippen LogP contribution in [0, 0.1) is 5.92 Å². The Labute approximate surface area is 222 Å². The number of imidazole rings is 1. The van der Waals surface area contributed by atoms with E-state index in [-0.39, 0.29) is 0 Å². The number of nitrogens with one attached hydrogen (secondary N) is 3. The molecule has 38 heavy (non-hydrogen) atoms. The van der Waals surface area contributed by atoms with Gasteiger partial charge in [0.15, 0.2) is 5.82 Å². The number of nitrogens with zero attached hydrogens (tertiary/aromatic N) is 5. The molecule has 194 valence electrons. The van der Waals surface area contributed by atoms with E-state index in [4.69, 9.17) is 9.97 Å². The maximum atomic E-state index is 5.04. The molecule has 0 unspecified atom stereocenters. The number of para-hydroxylation sites is 1. The molecule has 1 saturated heterocycles. The van der Waals surface area contributed by atoms with Crippen LogP contribution in [0.1, 0.15) is 50.5 Å². The Morgan fingerprint density at radius 2 is 1.84 bits per heavy atom. The standard InChI is InChI=1S/C30H34N8/c1-4-11-38(12-5-1)27-10-6-9-24-29(27)35-30(34-24)28-23-14-25(33-19-26(23)36-37-28)22-13-21(17-32-18-22)16-31-15-20-7-2-3-8-20/h6,9-10,13-14,17-20,31H,1-5,7-8,11-12,15-16H2,(H,34,35)(H,36,37). The maximum Gasteiger partial charge on any atom is 0.159 e. The van der Waals surface area contributed by atoms with Crippen molar-refractivity contribution in [2.45, 2.75) is 51.5 Å². The molecule has 2 fully saturated rings. The van der Waals surface area contributed by atoms with Gasteiger partial charge in [-0.25, -0.2) is 4.98 Å². The van der Waals surface area contributed by atoms with Crippen LogP contribution in [0.4, 0.5) is 5.69 Å². The quantitative estimate of drug-likeness (QED) is 0.257. The lowest BCUT2D eigenvalue weighted by atomic mass is 10.1. The van der Waals surface area contributed by atoms with Gasteiger partial charge in [-0.1, -0.05) is 18.9 Å². The van der Waals surface area contributed by atoms with Crippen LogP contribution in [0.15, 0.2) is 48.9 Å². The van der Waals surface area contributed by atoms with Crippen molar-refractivity contribution >= 4 is 27.6 Å². The summed E-state index contributed by atoms with van der Waals surface area (Å²) >= 11 is 0. The maximum absolute atomic E-state index is 5.04. The molecular formula is C30H34N8. The number of anilines is 1. The Bertz CT molecular complexity index is 1560. The van der Waals surface area contributed by atoms with Crippen molar-refractivity contribution in [1.82, 2.24) is 35.5 Å². The zero-order valence-electron chi connectivity index (χ0n) is 21.7. The van der Waals surface area contributed by atoms with E-state index in [1.165, 1.54) is 56.2 Å². The van der Waals surface area contributed by atoms with E-state index in [2.05, 4.69) is 60.7 Å². The summed E-state index contributed by atoms with van der Waals surface area (Å²) in [6, 6.07) is 10.7. The Morgan fingerprint density at radius 3 is 2.74 bits per heavy atom. The summed E-state index contributed by atoms with van der Waals surface area (Å²) in [6.45, 7) is 4.09. The molecule has 8 heteroatoms. The third-order valence-electron chi connectivity index (χ3n) is 8.19. The minimum Gasteiger partial charge on any atom is -0.370 e. The molecule has 0 atom stereocenters. The molecule has 7 rings (SSSR count). The summed E-state index contributed by atoms with van der Waals surface area (Å²) in [5.74, 6) is 1.60. The van der Waals surface area contributed by atoms with Gasteiger partial charge >= 0.3 is 0 Å².